The summed E-state index contributed by atoms with van der Waals surface area (Å²) in [4.78, 5) is 1.80. The summed E-state index contributed by atoms with van der Waals surface area (Å²) in [6.45, 7) is 4.34. The maximum Gasteiger partial charge on any atom is 0.146 e. The highest BCUT2D eigenvalue weighted by Gasteiger charge is 2.24. The number of likely N-dealkylation sites (N-methyl/N-ethyl adjacent to an activating group) is 1. The molecule has 0 heterocycles. The lowest BCUT2D eigenvalue weighted by atomic mass is 10.0. The van der Waals surface area contributed by atoms with E-state index in [2.05, 4.69) is 0 Å². The van der Waals surface area contributed by atoms with E-state index >= 15 is 0 Å². The van der Waals surface area contributed by atoms with Crippen LogP contribution >= 0.6 is 11.6 Å². The molecule has 0 aliphatic heterocycles. The van der Waals surface area contributed by atoms with Crippen LogP contribution in [0.4, 0.5) is 10.1 Å². The largest absolute Gasteiger partial charge is 0.366 e. The lowest BCUT2D eigenvalue weighted by molar-refractivity contribution is 0.488. The van der Waals surface area contributed by atoms with E-state index < -0.39 is 0 Å². The van der Waals surface area contributed by atoms with Gasteiger partial charge in [0.1, 0.15) is 5.82 Å². The van der Waals surface area contributed by atoms with Crippen LogP contribution in [0.25, 0.3) is 0 Å². The molecule has 0 aromatic heterocycles. The highest BCUT2D eigenvalue weighted by atomic mass is 35.5. The van der Waals surface area contributed by atoms with E-state index in [-0.39, 0.29) is 11.4 Å². The Morgan fingerprint density at radius 2 is 2.07 bits per heavy atom. The van der Waals surface area contributed by atoms with Gasteiger partial charge < -0.3 is 10.6 Å². The van der Waals surface area contributed by atoms with Gasteiger partial charge in [0, 0.05) is 24.2 Å². The van der Waals surface area contributed by atoms with Gasteiger partial charge in [-0.25, -0.2) is 4.39 Å². The zero-order chi connectivity index (χ0) is 11.6. The number of halogens is 2. The fourth-order valence-electron chi connectivity index (χ4n) is 1.21. The second-order valence-electron chi connectivity index (χ2n) is 4.17. The lowest BCUT2D eigenvalue weighted by Crippen LogP contribution is -2.47. The summed E-state index contributed by atoms with van der Waals surface area (Å²) in [5.74, 6) is -0.288. The Bertz CT molecular complexity index is 352. The summed E-state index contributed by atoms with van der Waals surface area (Å²) in [7, 11) is 1.81. The first-order chi connectivity index (χ1) is 6.88. The highest BCUT2D eigenvalue weighted by molar-refractivity contribution is 6.30. The summed E-state index contributed by atoms with van der Waals surface area (Å²) < 4.78 is 13.5. The number of rotatable bonds is 3. The molecule has 0 atom stereocenters. The van der Waals surface area contributed by atoms with E-state index in [9.17, 15) is 4.39 Å². The summed E-state index contributed by atoms with van der Waals surface area (Å²) >= 11 is 5.83. The SMILES string of the molecule is CN(c1cc(Cl)ccc1F)C(C)(C)CN. The minimum atomic E-state index is -0.300. The Labute approximate surface area is 94.8 Å². The first kappa shape index (κ1) is 12.3. The third-order valence-electron chi connectivity index (χ3n) is 2.68. The number of anilines is 1. The topological polar surface area (TPSA) is 29.3 Å². The molecule has 0 fully saturated rings. The van der Waals surface area contributed by atoms with Crippen molar-refractivity contribution in [3.05, 3.63) is 29.0 Å². The molecule has 1 rings (SSSR count). The van der Waals surface area contributed by atoms with Crippen LogP contribution < -0.4 is 10.6 Å². The first-order valence-electron chi connectivity index (χ1n) is 4.77. The summed E-state index contributed by atoms with van der Waals surface area (Å²) in [5, 5.41) is 0.520. The van der Waals surface area contributed by atoms with Gasteiger partial charge in [0.25, 0.3) is 0 Å². The van der Waals surface area contributed by atoms with Gasteiger partial charge in [-0.1, -0.05) is 11.6 Å². The van der Waals surface area contributed by atoms with Gasteiger partial charge in [-0.3, -0.25) is 0 Å². The molecule has 1 aromatic rings. The van der Waals surface area contributed by atoms with E-state index in [1.807, 2.05) is 20.9 Å². The monoisotopic (exact) mass is 230 g/mol. The molecule has 0 unspecified atom stereocenters. The van der Waals surface area contributed by atoms with Crippen molar-refractivity contribution >= 4 is 17.3 Å². The predicted molar refractivity (Wildman–Crippen MR) is 62.9 cm³/mol. The van der Waals surface area contributed by atoms with Gasteiger partial charge in [-0.2, -0.15) is 0 Å². The highest BCUT2D eigenvalue weighted by Crippen LogP contribution is 2.27. The van der Waals surface area contributed by atoms with Crippen molar-refractivity contribution < 1.29 is 4.39 Å². The maximum atomic E-state index is 13.5. The van der Waals surface area contributed by atoms with Crippen LogP contribution in [0.2, 0.25) is 5.02 Å². The van der Waals surface area contributed by atoms with E-state index in [0.29, 0.717) is 17.3 Å². The zero-order valence-electron chi connectivity index (χ0n) is 9.22. The fraction of sp³-hybridized carbons (Fsp3) is 0.455. The Morgan fingerprint density at radius 3 is 2.60 bits per heavy atom. The molecule has 0 saturated carbocycles. The fourth-order valence-corrected chi connectivity index (χ4v) is 1.37. The van der Waals surface area contributed by atoms with Crippen LogP contribution in [-0.4, -0.2) is 19.1 Å². The molecule has 15 heavy (non-hydrogen) atoms. The van der Waals surface area contributed by atoms with E-state index in [1.54, 1.807) is 11.0 Å². The molecule has 84 valence electrons. The van der Waals surface area contributed by atoms with Gasteiger partial charge in [-0.05, 0) is 32.0 Å². The van der Waals surface area contributed by atoms with Crippen molar-refractivity contribution in [2.45, 2.75) is 19.4 Å². The lowest BCUT2D eigenvalue weighted by Gasteiger charge is -2.36. The Hall–Kier alpha value is -0.800. The Kier molecular flexibility index (Phi) is 3.58. The number of hydrogen-bond donors (Lipinski definition) is 1. The molecule has 0 bridgehead atoms. The van der Waals surface area contributed by atoms with Gasteiger partial charge >= 0.3 is 0 Å². The number of nitrogens with zero attached hydrogens (tertiary/aromatic N) is 1. The molecule has 0 aliphatic carbocycles. The van der Waals surface area contributed by atoms with E-state index in [1.165, 1.54) is 12.1 Å². The smallest absolute Gasteiger partial charge is 0.146 e. The Balaban J connectivity index is 3.10. The molecule has 0 saturated heterocycles. The second-order valence-corrected chi connectivity index (χ2v) is 4.61. The molecule has 0 amide bonds. The maximum absolute atomic E-state index is 13.5. The zero-order valence-corrected chi connectivity index (χ0v) is 9.98. The third kappa shape index (κ3) is 2.61. The Morgan fingerprint density at radius 1 is 1.47 bits per heavy atom. The van der Waals surface area contributed by atoms with Gasteiger partial charge in [0.05, 0.1) is 5.69 Å². The normalized spacial score (nSPS) is 11.6. The van der Waals surface area contributed by atoms with Crippen molar-refractivity contribution in [1.82, 2.24) is 0 Å². The van der Waals surface area contributed by atoms with Gasteiger partial charge in [0.15, 0.2) is 0 Å². The number of benzene rings is 1. The van der Waals surface area contributed by atoms with Crippen LogP contribution in [0.5, 0.6) is 0 Å². The van der Waals surface area contributed by atoms with Crippen LogP contribution in [0, 0.1) is 5.82 Å². The minimum Gasteiger partial charge on any atom is -0.366 e. The van der Waals surface area contributed by atoms with E-state index in [4.69, 9.17) is 17.3 Å². The molecular weight excluding hydrogens is 215 g/mol. The second kappa shape index (κ2) is 4.37. The molecule has 0 radical (unpaired) electrons. The van der Waals surface area contributed by atoms with Crippen molar-refractivity contribution in [3.63, 3.8) is 0 Å². The van der Waals surface area contributed by atoms with Crippen molar-refractivity contribution in [3.8, 4) is 0 Å². The first-order valence-corrected chi connectivity index (χ1v) is 5.15. The predicted octanol–water partition coefficient (Wildman–Crippen LogP) is 2.65. The summed E-state index contributed by atoms with van der Waals surface area (Å²) in [5.41, 5.74) is 5.81. The van der Waals surface area contributed by atoms with Crippen LogP contribution in [0.15, 0.2) is 18.2 Å². The molecule has 2 N–H and O–H groups in total. The van der Waals surface area contributed by atoms with Crippen LogP contribution in [-0.2, 0) is 0 Å². The van der Waals surface area contributed by atoms with Crippen molar-refractivity contribution in [1.29, 1.82) is 0 Å². The minimum absolute atomic E-state index is 0.288. The van der Waals surface area contributed by atoms with Gasteiger partial charge in [0.2, 0.25) is 0 Å². The summed E-state index contributed by atoms with van der Waals surface area (Å²) in [6, 6.07) is 4.50. The molecule has 2 nitrogen and oxygen atoms in total. The van der Waals surface area contributed by atoms with E-state index in [0.717, 1.165) is 0 Å². The average Bonchev–Trinajstić information content (AvgIpc) is 2.20. The number of hydrogen-bond acceptors (Lipinski definition) is 2. The van der Waals surface area contributed by atoms with Crippen LogP contribution in [0.3, 0.4) is 0 Å². The molecular formula is C11H16ClFN2. The molecule has 1 aromatic carbocycles. The quantitative estimate of drug-likeness (QED) is 0.865. The van der Waals surface area contributed by atoms with Gasteiger partial charge in [-0.15, -0.1) is 0 Å². The third-order valence-corrected chi connectivity index (χ3v) is 2.91. The number of nitrogens with two attached hydrogens (primary N) is 1. The molecule has 0 aliphatic rings. The standard InChI is InChI=1S/C11H16ClFN2/c1-11(2,7-14)15(3)10-6-8(12)4-5-9(10)13/h4-6H,7,14H2,1-3H3. The van der Waals surface area contributed by atoms with Crippen molar-refractivity contribution in [2.24, 2.45) is 5.73 Å². The average molecular weight is 231 g/mol. The van der Waals surface area contributed by atoms with Crippen molar-refractivity contribution in [2.75, 3.05) is 18.5 Å². The molecule has 4 heteroatoms. The summed E-state index contributed by atoms with van der Waals surface area (Å²) in [6.07, 6.45) is 0. The van der Waals surface area contributed by atoms with Crippen LogP contribution in [0.1, 0.15) is 13.8 Å². The molecule has 0 spiro atoms.